The summed E-state index contributed by atoms with van der Waals surface area (Å²) >= 11 is 0. The molecule has 2 bridgehead atoms. The van der Waals surface area contributed by atoms with Gasteiger partial charge in [-0.25, -0.2) is 9.78 Å². The van der Waals surface area contributed by atoms with Crippen LogP contribution in [0.4, 0.5) is 4.79 Å². The van der Waals surface area contributed by atoms with Crippen LogP contribution in [0.3, 0.4) is 0 Å². The summed E-state index contributed by atoms with van der Waals surface area (Å²) in [5.41, 5.74) is 8.35. The molecule has 0 radical (unpaired) electrons. The van der Waals surface area contributed by atoms with Crippen molar-refractivity contribution in [3.05, 3.63) is 89.1 Å². The Morgan fingerprint density at radius 2 is 1.69 bits per heavy atom. The number of rotatable bonds is 4. The topological polar surface area (TPSA) is 51.7 Å². The van der Waals surface area contributed by atoms with E-state index in [2.05, 4.69) is 65.7 Å². The largest absolute Gasteiger partial charge is 0.481 e. The number of aromatic nitrogens is 1. The fourth-order valence-corrected chi connectivity index (χ4v) is 6.17. The van der Waals surface area contributed by atoms with E-state index in [9.17, 15) is 4.79 Å². The van der Waals surface area contributed by atoms with Crippen molar-refractivity contribution < 1.29 is 14.3 Å². The summed E-state index contributed by atoms with van der Waals surface area (Å²) in [4.78, 5) is 20.0. The molecular weight excluding hydrogens is 436 g/mol. The van der Waals surface area contributed by atoms with Crippen molar-refractivity contribution in [2.45, 2.75) is 50.6 Å². The van der Waals surface area contributed by atoms with Gasteiger partial charge in [0, 0.05) is 23.7 Å². The lowest BCUT2D eigenvalue weighted by atomic mass is 9.83. The molecule has 2 unspecified atom stereocenters. The Hall–Kier alpha value is -3.60. The van der Waals surface area contributed by atoms with Crippen LogP contribution in [0.1, 0.15) is 54.0 Å². The Labute approximate surface area is 206 Å². The number of amides is 1. The Bertz CT molecular complexity index is 1270. The number of carbonyl (C=O) groups excluding carboxylic acids is 1. The summed E-state index contributed by atoms with van der Waals surface area (Å²) in [5.74, 6) is 0.707. The molecule has 2 atom stereocenters. The first kappa shape index (κ1) is 21.9. The molecule has 5 heteroatoms. The van der Waals surface area contributed by atoms with Crippen molar-refractivity contribution in [3.63, 3.8) is 0 Å². The summed E-state index contributed by atoms with van der Waals surface area (Å²) in [6.07, 6.45) is 5.99. The minimum absolute atomic E-state index is 0.0645. The third kappa shape index (κ3) is 3.79. The van der Waals surface area contributed by atoms with Gasteiger partial charge in [0.25, 0.3) is 0 Å². The van der Waals surface area contributed by atoms with E-state index >= 15 is 0 Å². The summed E-state index contributed by atoms with van der Waals surface area (Å²) in [5, 5.41) is 0. The van der Waals surface area contributed by atoms with Gasteiger partial charge in [0.1, 0.15) is 6.61 Å². The lowest BCUT2D eigenvalue weighted by Crippen LogP contribution is -2.52. The molecule has 2 aliphatic heterocycles. The van der Waals surface area contributed by atoms with Gasteiger partial charge in [-0.1, -0.05) is 54.6 Å². The van der Waals surface area contributed by atoms with Gasteiger partial charge in [-0.15, -0.1) is 0 Å². The van der Waals surface area contributed by atoms with Crippen LogP contribution in [-0.4, -0.2) is 41.8 Å². The van der Waals surface area contributed by atoms with Crippen LogP contribution in [0, 0.1) is 6.92 Å². The van der Waals surface area contributed by atoms with Crippen molar-refractivity contribution in [2.75, 3.05) is 13.7 Å². The quantitative estimate of drug-likeness (QED) is 0.449. The van der Waals surface area contributed by atoms with Crippen molar-refractivity contribution in [1.29, 1.82) is 0 Å². The van der Waals surface area contributed by atoms with E-state index in [0.29, 0.717) is 12.5 Å². The number of methoxy groups -OCH3 is 1. The minimum Gasteiger partial charge on any atom is -0.481 e. The average molecular weight is 467 g/mol. The molecule has 3 aromatic rings. The standard InChI is InChI=1S/C30H30N2O3/c1-19-23(14-15-29(31-19)34-2)20-16-21-8-7-9-22(17-20)32(21)30(33)35-18-28-26-12-5-3-10-24(26)25-11-4-6-13-27(25)28/h3-6,10-16,21-22,28H,7-9,17-18H2,1-2H3. The van der Waals surface area contributed by atoms with Crippen molar-refractivity contribution in [3.8, 4) is 17.0 Å². The third-order valence-corrected chi connectivity index (χ3v) is 7.80. The number of nitrogens with zero attached hydrogens (tertiary/aromatic N) is 2. The normalized spacial score (nSPS) is 20.6. The number of ether oxygens (including phenoxy) is 2. The Kier molecular flexibility index (Phi) is 5.56. The molecule has 35 heavy (non-hydrogen) atoms. The van der Waals surface area contributed by atoms with E-state index in [-0.39, 0.29) is 24.1 Å². The lowest BCUT2D eigenvalue weighted by Gasteiger charge is -2.44. The molecule has 5 nitrogen and oxygen atoms in total. The zero-order chi connectivity index (χ0) is 23.9. The second-order valence-corrected chi connectivity index (χ2v) is 9.75. The lowest BCUT2D eigenvalue weighted by molar-refractivity contribution is 0.0539. The van der Waals surface area contributed by atoms with E-state index in [1.165, 1.54) is 27.8 Å². The summed E-state index contributed by atoms with van der Waals surface area (Å²) in [6.45, 7) is 2.38. The Balaban J connectivity index is 1.22. The molecular formula is C30H30N2O3. The molecule has 2 aromatic carbocycles. The van der Waals surface area contributed by atoms with Crippen molar-refractivity contribution in [1.82, 2.24) is 9.88 Å². The monoisotopic (exact) mass is 466 g/mol. The van der Waals surface area contributed by atoms with Crippen LogP contribution >= 0.6 is 0 Å². The molecule has 178 valence electrons. The average Bonchev–Trinajstić information content (AvgIpc) is 3.20. The minimum atomic E-state index is -0.193. The van der Waals surface area contributed by atoms with Crippen LogP contribution < -0.4 is 4.74 Å². The SMILES string of the molecule is COc1ccc(C2=CC3CCCC(C2)N3C(=O)OCC2c3ccccc3-c3ccccc32)c(C)n1. The van der Waals surface area contributed by atoms with Gasteiger partial charge in [-0.2, -0.15) is 0 Å². The number of hydrogen-bond donors (Lipinski definition) is 0. The number of aryl methyl sites for hydroxylation is 1. The highest BCUT2D eigenvalue weighted by Gasteiger charge is 2.39. The van der Waals surface area contributed by atoms with Crippen molar-refractivity contribution in [2.24, 2.45) is 0 Å². The van der Waals surface area contributed by atoms with Gasteiger partial charge in [0.05, 0.1) is 13.2 Å². The Morgan fingerprint density at radius 1 is 0.971 bits per heavy atom. The maximum atomic E-state index is 13.4. The van der Waals surface area contributed by atoms with E-state index in [1.807, 2.05) is 17.9 Å². The van der Waals surface area contributed by atoms with Crippen LogP contribution in [0.2, 0.25) is 0 Å². The smallest absolute Gasteiger partial charge is 0.410 e. The van der Waals surface area contributed by atoms with Crippen LogP contribution in [-0.2, 0) is 4.74 Å². The molecule has 6 rings (SSSR count). The zero-order valence-corrected chi connectivity index (χ0v) is 20.2. The van der Waals surface area contributed by atoms with E-state index in [4.69, 9.17) is 9.47 Å². The van der Waals surface area contributed by atoms with E-state index in [0.717, 1.165) is 36.9 Å². The molecule has 0 N–H and O–H groups in total. The number of fused-ring (bicyclic) bond motifs is 5. The fourth-order valence-electron chi connectivity index (χ4n) is 6.17. The molecule has 1 aliphatic carbocycles. The van der Waals surface area contributed by atoms with E-state index < -0.39 is 0 Å². The highest BCUT2D eigenvalue weighted by molar-refractivity contribution is 5.79. The number of benzene rings is 2. The first-order valence-electron chi connectivity index (χ1n) is 12.5. The second kappa shape index (κ2) is 8.88. The molecule has 3 aliphatic rings. The summed E-state index contributed by atoms with van der Waals surface area (Å²) in [7, 11) is 1.64. The summed E-state index contributed by atoms with van der Waals surface area (Å²) in [6, 6.07) is 21.1. The van der Waals surface area contributed by atoms with Crippen LogP contribution in [0.15, 0.2) is 66.7 Å². The zero-order valence-electron chi connectivity index (χ0n) is 20.2. The Morgan fingerprint density at radius 3 is 2.34 bits per heavy atom. The molecule has 0 spiro atoms. The molecule has 1 saturated heterocycles. The molecule has 3 heterocycles. The number of pyridine rings is 1. The van der Waals surface area contributed by atoms with Crippen molar-refractivity contribution >= 4 is 11.7 Å². The predicted molar refractivity (Wildman–Crippen MR) is 136 cm³/mol. The molecule has 0 saturated carbocycles. The van der Waals surface area contributed by atoms with Gasteiger partial charge in [0.15, 0.2) is 0 Å². The van der Waals surface area contributed by atoms with Gasteiger partial charge in [-0.3, -0.25) is 4.90 Å². The fraction of sp³-hybridized carbons (Fsp3) is 0.333. The number of piperidine rings is 1. The maximum absolute atomic E-state index is 13.4. The van der Waals surface area contributed by atoms with Crippen LogP contribution in [0.5, 0.6) is 5.88 Å². The number of hydrogen-bond acceptors (Lipinski definition) is 4. The maximum Gasteiger partial charge on any atom is 0.410 e. The van der Waals surface area contributed by atoms with Gasteiger partial charge in [-0.05, 0) is 72.1 Å². The van der Waals surface area contributed by atoms with E-state index in [1.54, 1.807) is 7.11 Å². The third-order valence-electron chi connectivity index (χ3n) is 7.80. The number of carbonyl (C=O) groups is 1. The van der Waals surface area contributed by atoms with Gasteiger partial charge < -0.3 is 9.47 Å². The molecule has 1 fully saturated rings. The highest BCUT2D eigenvalue weighted by Crippen LogP contribution is 2.45. The van der Waals surface area contributed by atoms with Gasteiger partial charge >= 0.3 is 6.09 Å². The molecule has 1 aromatic heterocycles. The second-order valence-electron chi connectivity index (χ2n) is 9.75. The highest BCUT2D eigenvalue weighted by atomic mass is 16.6. The van der Waals surface area contributed by atoms with Crippen LogP contribution in [0.25, 0.3) is 16.7 Å². The first-order chi connectivity index (χ1) is 17.1. The summed E-state index contributed by atoms with van der Waals surface area (Å²) < 4.78 is 11.3. The first-order valence-corrected chi connectivity index (χ1v) is 12.5. The van der Waals surface area contributed by atoms with Gasteiger partial charge in [0.2, 0.25) is 5.88 Å². The molecule has 1 amide bonds. The predicted octanol–water partition coefficient (Wildman–Crippen LogP) is 6.36.